The minimum atomic E-state index is -0.394. The van der Waals surface area contributed by atoms with E-state index in [-0.39, 0.29) is 17.5 Å². The van der Waals surface area contributed by atoms with Crippen molar-refractivity contribution in [1.29, 1.82) is 0 Å². The lowest BCUT2D eigenvalue weighted by atomic mass is 10.2. The number of hydrogen-bond acceptors (Lipinski definition) is 8. The summed E-state index contributed by atoms with van der Waals surface area (Å²) in [4.78, 5) is 49.5. The fourth-order valence-electron chi connectivity index (χ4n) is 4.18. The Morgan fingerprint density at radius 3 is 2.67 bits per heavy atom. The summed E-state index contributed by atoms with van der Waals surface area (Å²) in [5, 5.41) is 2.92. The molecular formula is C22H26N6O4S. The second kappa shape index (κ2) is 8.73. The summed E-state index contributed by atoms with van der Waals surface area (Å²) in [7, 11) is 1.48. The largest absolute Gasteiger partial charge is 0.377 e. The fourth-order valence-corrected chi connectivity index (χ4v) is 5.31. The van der Waals surface area contributed by atoms with E-state index in [0.717, 1.165) is 53.5 Å². The SMILES string of the molecule is Cc1nc(C(=O)NC2COC2)ccc1N1CCN(Cc2cc3[nH]c(=O)n(C)c(=O)c3s2)CC1. The number of amides is 1. The van der Waals surface area contributed by atoms with Gasteiger partial charge in [0.15, 0.2) is 0 Å². The van der Waals surface area contributed by atoms with Crippen LogP contribution in [0.25, 0.3) is 10.2 Å². The van der Waals surface area contributed by atoms with Crippen molar-refractivity contribution < 1.29 is 9.53 Å². The molecule has 5 heterocycles. The number of nitrogens with zero attached hydrogens (tertiary/aromatic N) is 4. The first-order valence-electron chi connectivity index (χ1n) is 10.9. The number of hydrogen-bond donors (Lipinski definition) is 2. The number of rotatable bonds is 5. The Labute approximate surface area is 193 Å². The number of ether oxygens (including phenoxy) is 1. The quantitative estimate of drug-likeness (QED) is 0.557. The number of aryl methyl sites for hydroxylation is 1. The summed E-state index contributed by atoms with van der Waals surface area (Å²) in [5.74, 6) is -0.165. The number of piperazine rings is 1. The lowest BCUT2D eigenvalue weighted by Gasteiger charge is -2.36. The normalized spacial score (nSPS) is 17.3. The van der Waals surface area contributed by atoms with Crippen molar-refractivity contribution in [2.75, 3.05) is 44.3 Å². The van der Waals surface area contributed by atoms with E-state index in [1.54, 1.807) is 6.07 Å². The molecule has 11 heteroatoms. The number of aromatic nitrogens is 3. The summed E-state index contributed by atoms with van der Waals surface area (Å²) in [6.07, 6.45) is 0. The maximum atomic E-state index is 12.3. The molecule has 5 rings (SSSR count). The highest BCUT2D eigenvalue weighted by Crippen LogP contribution is 2.24. The van der Waals surface area contributed by atoms with Crippen LogP contribution in [0, 0.1) is 6.92 Å². The van der Waals surface area contributed by atoms with Crippen LogP contribution in [-0.4, -0.2) is 70.8 Å². The third-order valence-electron chi connectivity index (χ3n) is 6.18. The number of carbonyl (C=O) groups excluding carboxylic acids is 1. The van der Waals surface area contributed by atoms with Crippen molar-refractivity contribution in [3.63, 3.8) is 0 Å². The molecule has 2 fully saturated rings. The molecule has 0 bridgehead atoms. The van der Waals surface area contributed by atoms with Crippen molar-refractivity contribution in [2.24, 2.45) is 7.05 Å². The minimum absolute atomic E-state index is 0.0801. The van der Waals surface area contributed by atoms with E-state index >= 15 is 0 Å². The van der Waals surface area contributed by atoms with Gasteiger partial charge >= 0.3 is 5.69 Å². The highest BCUT2D eigenvalue weighted by atomic mass is 32.1. The van der Waals surface area contributed by atoms with Crippen LogP contribution in [0.15, 0.2) is 27.8 Å². The van der Waals surface area contributed by atoms with E-state index in [9.17, 15) is 14.4 Å². The molecule has 0 atom stereocenters. The van der Waals surface area contributed by atoms with Crippen LogP contribution in [-0.2, 0) is 18.3 Å². The van der Waals surface area contributed by atoms with Crippen LogP contribution >= 0.6 is 11.3 Å². The zero-order valence-corrected chi connectivity index (χ0v) is 19.4. The molecule has 0 radical (unpaired) electrons. The van der Waals surface area contributed by atoms with Crippen molar-refractivity contribution in [2.45, 2.75) is 19.5 Å². The molecule has 3 aromatic heterocycles. The number of carbonyl (C=O) groups is 1. The summed E-state index contributed by atoms with van der Waals surface area (Å²) in [6.45, 7) is 7.21. The van der Waals surface area contributed by atoms with Crippen molar-refractivity contribution >= 4 is 33.1 Å². The zero-order chi connectivity index (χ0) is 23.1. The van der Waals surface area contributed by atoms with Gasteiger partial charge in [0.1, 0.15) is 10.4 Å². The average Bonchev–Trinajstić information content (AvgIpc) is 3.17. The van der Waals surface area contributed by atoms with E-state index in [1.165, 1.54) is 18.4 Å². The van der Waals surface area contributed by atoms with Crippen molar-refractivity contribution in [3.05, 3.63) is 55.3 Å². The number of anilines is 1. The van der Waals surface area contributed by atoms with Gasteiger partial charge in [-0.15, -0.1) is 11.3 Å². The van der Waals surface area contributed by atoms with Crippen LogP contribution in [0.1, 0.15) is 21.1 Å². The molecule has 33 heavy (non-hydrogen) atoms. The van der Waals surface area contributed by atoms with Gasteiger partial charge in [-0.05, 0) is 25.1 Å². The van der Waals surface area contributed by atoms with E-state index < -0.39 is 5.69 Å². The number of thiophene rings is 1. The van der Waals surface area contributed by atoms with Crippen LogP contribution in [0.5, 0.6) is 0 Å². The van der Waals surface area contributed by atoms with Crippen LogP contribution in [0.2, 0.25) is 0 Å². The molecule has 3 aromatic rings. The number of pyridine rings is 1. The summed E-state index contributed by atoms with van der Waals surface area (Å²) >= 11 is 1.44. The molecule has 0 spiro atoms. The van der Waals surface area contributed by atoms with Crippen LogP contribution in [0.3, 0.4) is 0 Å². The highest BCUT2D eigenvalue weighted by molar-refractivity contribution is 7.18. The van der Waals surface area contributed by atoms with Gasteiger partial charge in [-0.25, -0.2) is 9.78 Å². The average molecular weight is 471 g/mol. The molecule has 0 aliphatic carbocycles. The molecule has 174 valence electrons. The molecular weight excluding hydrogens is 444 g/mol. The van der Waals surface area contributed by atoms with Gasteiger partial charge in [-0.3, -0.25) is 19.1 Å². The second-order valence-corrected chi connectivity index (χ2v) is 9.66. The molecule has 10 nitrogen and oxygen atoms in total. The standard InChI is InChI=1S/C22H26N6O4S/c1-13-18(4-3-16(23-13)20(29)24-14-11-32-12-14)28-7-5-27(6-8-28)10-15-9-17-19(33-15)21(30)26(2)22(31)25-17/h3-4,9,14H,5-8,10-12H2,1-2H3,(H,24,29)(H,25,31). The highest BCUT2D eigenvalue weighted by Gasteiger charge is 2.23. The maximum absolute atomic E-state index is 12.3. The number of aromatic amines is 1. The van der Waals surface area contributed by atoms with E-state index in [1.807, 2.05) is 19.1 Å². The Morgan fingerprint density at radius 2 is 2.00 bits per heavy atom. The van der Waals surface area contributed by atoms with E-state index in [0.29, 0.717) is 29.1 Å². The van der Waals surface area contributed by atoms with Gasteiger partial charge in [0.25, 0.3) is 11.5 Å². The smallest absolute Gasteiger partial charge is 0.328 e. The van der Waals surface area contributed by atoms with Gasteiger partial charge in [0.05, 0.1) is 36.2 Å². The summed E-state index contributed by atoms with van der Waals surface area (Å²) in [5.41, 5.74) is 2.27. The third kappa shape index (κ3) is 4.31. The Balaban J connectivity index is 1.21. The summed E-state index contributed by atoms with van der Waals surface area (Å²) in [6, 6.07) is 5.74. The van der Waals surface area contributed by atoms with Gasteiger partial charge in [-0.2, -0.15) is 0 Å². The van der Waals surface area contributed by atoms with Gasteiger partial charge in [0.2, 0.25) is 0 Å². The van der Waals surface area contributed by atoms with Gasteiger partial charge in [0, 0.05) is 44.6 Å². The minimum Gasteiger partial charge on any atom is -0.377 e. The predicted molar refractivity (Wildman–Crippen MR) is 126 cm³/mol. The number of nitrogens with one attached hydrogen (secondary N) is 2. The van der Waals surface area contributed by atoms with E-state index in [2.05, 4.69) is 25.1 Å². The van der Waals surface area contributed by atoms with Gasteiger partial charge in [-0.1, -0.05) is 0 Å². The molecule has 0 saturated carbocycles. The fraction of sp³-hybridized carbons (Fsp3) is 0.455. The second-order valence-electron chi connectivity index (χ2n) is 8.52. The Bertz CT molecular complexity index is 1320. The Hall–Kier alpha value is -3.02. The predicted octanol–water partition coefficient (Wildman–Crippen LogP) is 0.443. The lowest BCUT2D eigenvalue weighted by molar-refractivity contribution is -0.00355. The molecule has 2 N–H and O–H groups in total. The van der Waals surface area contributed by atoms with E-state index in [4.69, 9.17) is 4.74 Å². The third-order valence-corrected chi connectivity index (χ3v) is 7.29. The molecule has 0 aromatic carbocycles. The molecule has 2 aliphatic heterocycles. The summed E-state index contributed by atoms with van der Waals surface area (Å²) < 4.78 is 6.79. The first-order chi connectivity index (χ1) is 15.9. The van der Waals surface area contributed by atoms with Crippen molar-refractivity contribution in [1.82, 2.24) is 24.8 Å². The monoisotopic (exact) mass is 470 g/mol. The van der Waals surface area contributed by atoms with Crippen molar-refractivity contribution in [3.8, 4) is 0 Å². The zero-order valence-electron chi connectivity index (χ0n) is 18.6. The van der Waals surface area contributed by atoms with Crippen LogP contribution < -0.4 is 21.5 Å². The topological polar surface area (TPSA) is 113 Å². The first-order valence-corrected chi connectivity index (χ1v) is 11.8. The Kier molecular flexibility index (Phi) is 5.77. The Morgan fingerprint density at radius 1 is 1.24 bits per heavy atom. The van der Waals surface area contributed by atoms with Crippen LogP contribution in [0.4, 0.5) is 5.69 Å². The maximum Gasteiger partial charge on any atom is 0.328 e. The molecule has 2 aliphatic rings. The van der Waals surface area contributed by atoms with Gasteiger partial charge < -0.3 is 19.9 Å². The number of fused-ring (bicyclic) bond motifs is 1. The molecule has 1 amide bonds. The number of H-pyrrole nitrogens is 1. The lowest BCUT2D eigenvalue weighted by Crippen LogP contribution is -2.48. The molecule has 0 unspecified atom stereocenters. The molecule has 2 saturated heterocycles. The first kappa shape index (κ1) is 21.8.